The van der Waals surface area contributed by atoms with Crippen LogP contribution in [0, 0.1) is 0 Å². The van der Waals surface area contributed by atoms with E-state index in [-0.39, 0.29) is 10.9 Å². The number of hydrogen-bond donors (Lipinski definition) is 5. The molecule has 0 aromatic heterocycles. The van der Waals surface area contributed by atoms with E-state index < -0.39 is 12.0 Å². The SMILES string of the molecule is NCCSC(=O)C(N)CSSCC(N)(O)O. The first-order valence-corrected chi connectivity index (χ1v) is 7.94. The van der Waals surface area contributed by atoms with Gasteiger partial charge in [-0.05, 0) is 0 Å². The van der Waals surface area contributed by atoms with E-state index in [4.69, 9.17) is 27.4 Å². The molecule has 1 atom stereocenters. The van der Waals surface area contributed by atoms with E-state index in [0.29, 0.717) is 18.1 Å². The first kappa shape index (κ1) is 16.5. The van der Waals surface area contributed by atoms with Gasteiger partial charge in [0.1, 0.15) is 0 Å². The van der Waals surface area contributed by atoms with Crippen molar-refractivity contribution in [3.63, 3.8) is 0 Å². The van der Waals surface area contributed by atoms with Gasteiger partial charge in [0.15, 0.2) is 0 Å². The van der Waals surface area contributed by atoms with Gasteiger partial charge in [-0.15, -0.1) is 0 Å². The van der Waals surface area contributed by atoms with E-state index in [1.165, 1.54) is 10.8 Å². The molecule has 0 amide bonds. The van der Waals surface area contributed by atoms with Crippen LogP contribution in [0.4, 0.5) is 0 Å². The maximum Gasteiger partial charge on any atom is 0.230 e. The van der Waals surface area contributed by atoms with E-state index in [0.717, 1.165) is 22.6 Å². The molecule has 0 rings (SSSR count). The van der Waals surface area contributed by atoms with Gasteiger partial charge >= 0.3 is 0 Å². The summed E-state index contributed by atoms with van der Waals surface area (Å²) in [7, 11) is 2.43. The minimum absolute atomic E-state index is 0.0471. The molecule has 0 heterocycles. The van der Waals surface area contributed by atoms with Crippen molar-refractivity contribution >= 4 is 38.5 Å². The number of thioether (sulfide) groups is 1. The average molecular weight is 287 g/mol. The third-order valence-corrected chi connectivity index (χ3v) is 4.76. The normalized spacial score (nSPS) is 13.8. The average Bonchev–Trinajstić information content (AvgIpc) is 2.19. The molecule has 0 aromatic rings. The van der Waals surface area contributed by atoms with Crippen LogP contribution in [0.1, 0.15) is 0 Å². The topological polar surface area (TPSA) is 136 Å². The zero-order valence-corrected chi connectivity index (χ0v) is 11.1. The number of carbonyl (C=O) groups excluding carboxylic acids is 1. The van der Waals surface area contributed by atoms with Crippen molar-refractivity contribution in [2.45, 2.75) is 12.0 Å². The summed E-state index contributed by atoms with van der Waals surface area (Å²) in [5.74, 6) is -1.27. The molecule has 0 spiro atoms. The van der Waals surface area contributed by atoms with Crippen LogP contribution in [0.2, 0.25) is 0 Å². The molecule has 96 valence electrons. The molecule has 0 bridgehead atoms. The van der Waals surface area contributed by atoms with Crippen molar-refractivity contribution in [2.24, 2.45) is 17.2 Å². The maximum absolute atomic E-state index is 11.3. The second-order valence-corrected chi connectivity index (χ2v) is 6.59. The Hall–Kier alpha value is 0.520. The Balaban J connectivity index is 3.57. The lowest BCUT2D eigenvalue weighted by atomic mass is 10.4. The van der Waals surface area contributed by atoms with Gasteiger partial charge < -0.3 is 21.7 Å². The monoisotopic (exact) mass is 287 g/mol. The molecular formula is C7H17N3O3S3. The van der Waals surface area contributed by atoms with Crippen LogP contribution < -0.4 is 17.2 Å². The second kappa shape index (κ2) is 8.59. The highest BCUT2D eigenvalue weighted by atomic mass is 33.1. The summed E-state index contributed by atoms with van der Waals surface area (Å²) < 4.78 is 0. The number of nitrogens with two attached hydrogens (primary N) is 3. The van der Waals surface area contributed by atoms with Gasteiger partial charge in [-0.3, -0.25) is 10.5 Å². The maximum atomic E-state index is 11.3. The second-order valence-electron chi connectivity index (χ2n) is 2.99. The van der Waals surface area contributed by atoms with Crippen LogP contribution >= 0.6 is 33.3 Å². The Bertz CT molecular complexity index is 213. The van der Waals surface area contributed by atoms with Gasteiger partial charge in [-0.1, -0.05) is 33.3 Å². The van der Waals surface area contributed by atoms with Gasteiger partial charge in [-0.25, -0.2) is 0 Å². The van der Waals surface area contributed by atoms with Crippen molar-refractivity contribution < 1.29 is 15.0 Å². The molecule has 9 heteroatoms. The molecule has 6 nitrogen and oxygen atoms in total. The number of carbonyl (C=O) groups is 1. The quantitative estimate of drug-likeness (QED) is 0.205. The summed E-state index contributed by atoms with van der Waals surface area (Å²) in [6.45, 7) is 0.440. The van der Waals surface area contributed by atoms with Crippen LogP contribution in [-0.4, -0.2) is 51.1 Å². The Morgan fingerprint density at radius 1 is 1.38 bits per heavy atom. The zero-order chi connectivity index (χ0) is 12.6. The van der Waals surface area contributed by atoms with E-state index in [9.17, 15) is 4.79 Å². The van der Waals surface area contributed by atoms with Crippen molar-refractivity contribution in [1.29, 1.82) is 0 Å². The van der Waals surface area contributed by atoms with Crippen molar-refractivity contribution in [1.82, 2.24) is 0 Å². The van der Waals surface area contributed by atoms with Gasteiger partial charge in [0.2, 0.25) is 11.0 Å². The molecule has 0 saturated carbocycles. The smallest absolute Gasteiger partial charge is 0.230 e. The first-order valence-electron chi connectivity index (χ1n) is 4.47. The Labute approximate surface area is 106 Å². The lowest BCUT2D eigenvalue weighted by Gasteiger charge is -2.14. The summed E-state index contributed by atoms with van der Waals surface area (Å²) in [5, 5.41) is 17.5. The number of aliphatic hydroxyl groups is 2. The first-order chi connectivity index (χ1) is 7.37. The summed E-state index contributed by atoms with van der Waals surface area (Å²) in [4.78, 5) is 11.3. The molecule has 0 aliphatic heterocycles. The molecule has 0 radical (unpaired) electrons. The number of hydrogen-bond acceptors (Lipinski definition) is 9. The highest BCUT2D eigenvalue weighted by molar-refractivity contribution is 8.76. The van der Waals surface area contributed by atoms with Crippen molar-refractivity contribution in [3.8, 4) is 0 Å². The zero-order valence-electron chi connectivity index (χ0n) is 8.67. The minimum atomic E-state index is -2.18. The fraction of sp³-hybridized carbons (Fsp3) is 0.857. The molecule has 0 saturated heterocycles. The fourth-order valence-electron chi connectivity index (χ4n) is 0.584. The van der Waals surface area contributed by atoms with Gasteiger partial charge in [0, 0.05) is 18.1 Å². The molecule has 0 fully saturated rings. The van der Waals surface area contributed by atoms with E-state index in [1.807, 2.05) is 0 Å². The molecule has 16 heavy (non-hydrogen) atoms. The van der Waals surface area contributed by atoms with Crippen LogP contribution in [0.5, 0.6) is 0 Å². The minimum Gasteiger partial charge on any atom is -0.353 e. The lowest BCUT2D eigenvalue weighted by molar-refractivity contribution is -0.133. The highest BCUT2D eigenvalue weighted by Crippen LogP contribution is 2.24. The predicted octanol–water partition coefficient (Wildman–Crippen LogP) is -1.49. The third-order valence-electron chi connectivity index (χ3n) is 1.27. The summed E-state index contributed by atoms with van der Waals surface area (Å²) in [5.41, 5.74) is 15.8. The van der Waals surface area contributed by atoms with E-state index in [1.54, 1.807) is 0 Å². The Kier molecular flexibility index (Phi) is 8.87. The van der Waals surface area contributed by atoms with E-state index >= 15 is 0 Å². The Morgan fingerprint density at radius 2 is 2.00 bits per heavy atom. The summed E-state index contributed by atoms with van der Waals surface area (Å²) in [6.07, 6.45) is 0. The fourth-order valence-corrected chi connectivity index (χ4v) is 3.46. The largest absolute Gasteiger partial charge is 0.353 e. The van der Waals surface area contributed by atoms with E-state index in [2.05, 4.69) is 0 Å². The predicted molar refractivity (Wildman–Crippen MR) is 70.8 cm³/mol. The van der Waals surface area contributed by atoms with Gasteiger partial charge in [0.25, 0.3) is 0 Å². The van der Waals surface area contributed by atoms with Crippen LogP contribution in [0.3, 0.4) is 0 Å². The van der Waals surface area contributed by atoms with Crippen LogP contribution in [0.15, 0.2) is 0 Å². The van der Waals surface area contributed by atoms with Gasteiger partial charge in [-0.2, -0.15) is 0 Å². The highest BCUT2D eigenvalue weighted by Gasteiger charge is 2.18. The third kappa shape index (κ3) is 9.73. The van der Waals surface area contributed by atoms with Gasteiger partial charge in [0.05, 0.1) is 11.8 Å². The van der Waals surface area contributed by atoms with Crippen molar-refractivity contribution in [3.05, 3.63) is 0 Å². The molecular weight excluding hydrogens is 270 g/mol. The van der Waals surface area contributed by atoms with Crippen molar-refractivity contribution in [2.75, 3.05) is 23.8 Å². The number of rotatable bonds is 8. The molecule has 1 unspecified atom stereocenters. The summed E-state index contributed by atoms with van der Waals surface area (Å²) in [6, 6.07) is -0.571. The molecule has 0 aromatic carbocycles. The summed E-state index contributed by atoms with van der Waals surface area (Å²) >= 11 is 1.11. The van der Waals surface area contributed by atoms with Crippen LogP contribution in [-0.2, 0) is 4.79 Å². The van der Waals surface area contributed by atoms with Crippen LogP contribution in [0.25, 0.3) is 0 Å². The molecule has 8 N–H and O–H groups in total. The lowest BCUT2D eigenvalue weighted by Crippen LogP contribution is -2.41. The molecule has 0 aliphatic rings. The Morgan fingerprint density at radius 3 is 2.50 bits per heavy atom. The molecule has 0 aliphatic carbocycles. The standard InChI is InChI=1S/C7H17N3O3S3/c8-1-2-14-6(11)5(9)3-15-16-4-7(10,12)13/h5,12-13H,1-4,8-10H2.